The summed E-state index contributed by atoms with van der Waals surface area (Å²) in [5.41, 5.74) is 1.27. The zero-order valence-electron chi connectivity index (χ0n) is 11.1. The number of nitrogens with one attached hydrogen (secondary N) is 1. The van der Waals surface area contributed by atoms with Gasteiger partial charge < -0.3 is 10.1 Å². The fourth-order valence-electron chi connectivity index (χ4n) is 2.35. The fourth-order valence-corrected chi connectivity index (χ4v) is 2.35. The first-order valence-corrected chi connectivity index (χ1v) is 6.67. The van der Waals surface area contributed by atoms with Crippen LogP contribution in [0.1, 0.15) is 46.5 Å². The summed E-state index contributed by atoms with van der Waals surface area (Å²) in [5, 5.41) is 3.57. The van der Waals surface area contributed by atoms with Crippen LogP contribution in [0.25, 0.3) is 0 Å². The molecule has 16 heavy (non-hydrogen) atoms. The first kappa shape index (κ1) is 13.7. The molecule has 0 bridgehead atoms. The second kappa shape index (κ2) is 7.08. The molecule has 1 N–H and O–H groups in total. The van der Waals surface area contributed by atoms with Gasteiger partial charge in [-0.2, -0.15) is 0 Å². The summed E-state index contributed by atoms with van der Waals surface area (Å²) in [5.74, 6) is 0.836. The molecule has 1 fully saturated rings. The van der Waals surface area contributed by atoms with Crippen molar-refractivity contribution >= 4 is 0 Å². The van der Waals surface area contributed by atoms with E-state index in [4.69, 9.17) is 4.74 Å². The van der Waals surface area contributed by atoms with Crippen LogP contribution in [0, 0.1) is 5.92 Å². The Morgan fingerprint density at radius 3 is 2.62 bits per heavy atom. The van der Waals surface area contributed by atoms with Gasteiger partial charge in [-0.1, -0.05) is 19.1 Å². The average molecular weight is 225 g/mol. The lowest BCUT2D eigenvalue weighted by Gasteiger charge is -2.37. The van der Waals surface area contributed by atoms with Gasteiger partial charge in [0.05, 0.1) is 6.10 Å². The molecule has 1 aliphatic rings. The van der Waals surface area contributed by atoms with Gasteiger partial charge in [0, 0.05) is 12.6 Å². The van der Waals surface area contributed by atoms with Crippen molar-refractivity contribution < 1.29 is 4.74 Å². The van der Waals surface area contributed by atoms with Crippen LogP contribution in [0.4, 0.5) is 0 Å². The Kier molecular flexibility index (Phi) is 6.07. The normalized spacial score (nSPS) is 26.2. The molecule has 0 spiro atoms. The largest absolute Gasteiger partial charge is 0.378 e. The third kappa shape index (κ3) is 4.26. The third-order valence-corrected chi connectivity index (χ3v) is 3.40. The van der Waals surface area contributed by atoms with Crippen molar-refractivity contribution in [2.45, 2.75) is 58.6 Å². The van der Waals surface area contributed by atoms with Crippen LogP contribution in [0.2, 0.25) is 0 Å². The van der Waals surface area contributed by atoms with Gasteiger partial charge >= 0.3 is 0 Å². The standard InChI is InChI=1S/C14H27NO/c1-5-7-15-14(11(3)4)10-12-8-13(9-12)16-6-2/h12-15H,3,5-10H2,1-2,4H3. The van der Waals surface area contributed by atoms with Crippen LogP contribution >= 0.6 is 0 Å². The van der Waals surface area contributed by atoms with Crippen LogP contribution in [-0.4, -0.2) is 25.3 Å². The maximum Gasteiger partial charge on any atom is 0.0580 e. The fraction of sp³-hybridized carbons (Fsp3) is 0.857. The Morgan fingerprint density at radius 2 is 2.12 bits per heavy atom. The Labute approximate surface area is 100 Å². The van der Waals surface area contributed by atoms with E-state index >= 15 is 0 Å². The molecule has 0 aromatic rings. The highest BCUT2D eigenvalue weighted by molar-refractivity contribution is 5.03. The highest BCUT2D eigenvalue weighted by Crippen LogP contribution is 2.34. The van der Waals surface area contributed by atoms with E-state index in [9.17, 15) is 0 Å². The quantitative estimate of drug-likeness (QED) is 0.641. The van der Waals surface area contributed by atoms with Gasteiger partial charge in [0.2, 0.25) is 0 Å². The summed E-state index contributed by atoms with van der Waals surface area (Å²) in [6.45, 7) is 12.4. The van der Waals surface area contributed by atoms with E-state index < -0.39 is 0 Å². The summed E-state index contributed by atoms with van der Waals surface area (Å²) in [6, 6.07) is 0.507. The lowest BCUT2D eigenvalue weighted by atomic mass is 9.77. The SMILES string of the molecule is C=C(C)C(CC1CC(OCC)C1)NCCC. The Morgan fingerprint density at radius 1 is 1.44 bits per heavy atom. The zero-order chi connectivity index (χ0) is 12.0. The van der Waals surface area contributed by atoms with Crippen molar-refractivity contribution in [3.8, 4) is 0 Å². The second-order valence-corrected chi connectivity index (χ2v) is 5.00. The molecule has 0 saturated heterocycles. The van der Waals surface area contributed by atoms with Crippen LogP contribution in [0.5, 0.6) is 0 Å². The minimum Gasteiger partial charge on any atom is -0.378 e. The predicted octanol–water partition coefficient (Wildman–Crippen LogP) is 3.14. The zero-order valence-corrected chi connectivity index (χ0v) is 11.1. The van der Waals surface area contributed by atoms with E-state index in [1.165, 1.54) is 31.3 Å². The lowest BCUT2D eigenvalue weighted by molar-refractivity contribution is -0.0281. The Hall–Kier alpha value is -0.340. The number of rotatable bonds is 8. The average Bonchev–Trinajstić information content (AvgIpc) is 2.19. The number of hydrogen-bond donors (Lipinski definition) is 1. The highest BCUT2D eigenvalue weighted by atomic mass is 16.5. The van der Waals surface area contributed by atoms with E-state index in [-0.39, 0.29) is 0 Å². The molecular weight excluding hydrogens is 198 g/mol. The van der Waals surface area contributed by atoms with E-state index in [0.717, 1.165) is 19.1 Å². The first-order valence-electron chi connectivity index (χ1n) is 6.67. The van der Waals surface area contributed by atoms with Crippen LogP contribution < -0.4 is 5.32 Å². The summed E-state index contributed by atoms with van der Waals surface area (Å²) in [7, 11) is 0. The molecule has 94 valence electrons. The molecule has 2 heteroatoms. The molecular formula is C14H27NO. The van der Waals surface area contributed by atoms with Crippen molar-refractivity contribution in [3.05, 3.63) is 12.2 Å². The van der Waals surface area contributed by atoms with Crippen molar-refractivity contribution in [1.29, 1.82) is 0 Å². The summed E-state index contributed by atoms with van der Waals surface area (Å²) < 4.78 is 5.59. The highest BCUT2D eigenvalue weighted by Gasteiger charge is 2.31. The minimum atomic E-state index is 0.507. The molecule has 0 aromatic heterocycles. The summed E-state index contributed by atoms with van der Waals surface area (Å²) in [6.07, 6.45) is 5.44. The first-order chi connectivity index (χ1) is 7.67. The van der Waals surface area contributed by atoms with Gasteiger partial charge in [-0.15, -0.1) is 0 Å². The van der Waals surface area contributed by atoms with E-state index in [1.54, 1.807) is 0 Å². The van der Waals surface area contributed by atoms with E-state index in [2.05, 4.69) is 32.7 Å². The van der Waals surface area contributed by atoms with Crippen LogP contribution in [0.15, 0.2) is 12.2 Å². The van der Waals surface area contributed by atoms with Crippen molar-refractivity contribution in [2.24, 2.45) is 5.92 Å². The molecule has 0 radical (unpaired) electrons. The van der Waals surface area contributed by atoms with Gasteiger partial charge in [-0.25, -0.2) is 0 Å². The molecule has 1 unspecified atom stereocenters. The topological polar surface area (TPSA) is 21.3 Å². The second-order valence-electron chi connectivity index (χ2n) is 5.00. The van der Waals surface area contributed by atoms with Gasteiger partial charge in [0.15, 0.2) is 0 Å². The summed E-state index contributed by atoms with van der Waals surface area (Å²) >= 11 is 0. The van der Waals surface area contributed by atoms with Gasteiger partial charge in [-0.05, 0) is 52.0 Å². The van der Waals surface area contributed by atoms with Gasteiger partial charge in [-0.3, -0.25) is 0 Å². The molecule has 0 aromatic carbocycles. The predicted molar refractivity (Wildman–Crippen MR) is 69.7 cm³/mol. The molecule has 0 aliphatic heterocycles. The van der Waals surface area contributed by atoms with Crippen molar-refractivity contribution in [2.75, 3.05) is 13.2 Å². The molecule has 2 nitrogen and oxygen atoms in total. The molecule has 0 amide bonds. The third-order valence-electron chi connectivity index (χ3n) is 3.40. The van der Waals surface area contributed by atoms with Crippen LogP contribution in [-0.2, 0) is 4.74 Å². The minimum absolute atomic E-state index is 0.507. The number of hydrogen-bond acceptors (Lipinski definition) is 2. The molecule has 1 saturated carbocycles. The maximum atomic E-state index is 5.59. The van der Waals surface area contributed by atoms with Crippen LogP contribution in [0.3, 0.4) is 0 Å². The molecule has 0 heterocycles. The van der Waals surface area contributed by atoms with Gasteiger partial charge in [0.1, 0.15) is 0 Å². The van der Waals surface area contributed by atoms with E-state index in [0.29, 0.717) is 12.1 Å². The summed E-state index contributed by atoms with van der Waals surface area (Å²) in [4.78, 5) is 0. The molecule has 1 aliphatic carbocycles. The molecule has 1 atom stereocenters. The maximum absolute atomic E-state index is 5.59. The Bertz CT molecular complexity index is 209. The smallest absolute Gasteiger partial charge is 0.0580 e. The van der Waals surface area contributed by atoms with Crippen molar-refractivity contribution in [1.82, 2.24) is 5.32 Å². The van der Waals surface area contributed by atoms with Crippen molar-refractivity contribution in [3.63, 3.8) is 0 Å². The molecule has 1 rings (SSSR count). The Balaban J connectivity index is 2.21. The monoisotopic (exact) mass is 225 g/mol. The number of ether oxygens (including phenoxy) is 1. The van der Waals surface area contributed by atoms with E-state index in [1.807, 2.05) is 0 Å². The van der Waals surface area contributed by atoms with Gasteiger partial charge in [0.25, 0.3) is 0 Å². The lowest BCUT2D eigenvalue weighted by Crippen LogP contribution is -2.38.